The van der Waals surface area contributed by atoms with E-state index >= 15 is 0 Å². The van der Waals surface area contributed by atoms with Crippen LogP contribution < -0.4 is 5.73 Å². The number of piperidine rings is 1. The first-order valence-electron chi connectivity index (χ1n) is 7.80. The standard InChI is InChI=1S/C16H26N2S/c1-12-14(9-15(10-17)19-12)11-18-8-4-6-13-5-2-3-7-16(13)18/h9,13,16H,2-8,10-11,17H2,1H3/t13-,16-/m1/s1. The lowest BCUT2D eigenvalue weighted by molar-refractivity contribution is 0.0547. The average Bonchev–Trinajstić information content (AvgIpc) is 2.80. The lowest BCUT2D eigenvalue weighted by Gasteiger charge is -2.44. The first-order valence-corrected chi connectivity index (χ1v) is 8.62. The highest BCUT2D eigenvalue weighted by molar-refractivity contribution is 7.12. The van der Waals surface area contributed by atoms with Gasteiger partial charge in [-0.2, -0.15) is 0 Å². The fourth-order valence-electron chi connectivity index (χ4n) is 3.99. The number of hydrogen-bond acceptors (Lipinski definition) is 3. The fraction of sp³-hybridized carbons (Fsp3) is 0.750. The molecule has 1 aliphatic heterocycles. The van der Waals surface area contributed by atoms with Crippen LogP contribution >= 0.6 is 11.3 Å². The second-order valence-electron chi connectivity index (χ2n) is 6.22. The molecule has 0 spiro atoms. The molecule has 0 bridgehead atoms. The molecule has 2 nitrogen and oxygen atoms in total. The van der Waals surface area contributed by atoms with Crippen molar-refractivity contribution in [2.45, 2.75) is 64.6 Å². The third kappa shape index (κ3) is 2.88. The largest absolute Gasteiger partial charge is 0.326 e. The van der Waals surface area contributed by atoms with Gasteiger partial charge in [0.2, 0.25) is 0 Å². The Morgan fingerprint density at radius 1 is 1.26 bits per heavy atom. The van der Waals surface area contributed by atoms with Gasteiger partial charge < -0.3 is 5.73 Å². The van der Waals surface area contributed by atoms with Gasteiger partial charge in [0.1, 0.15) is 0 Å². The third-order valence-corrected chi connectivity index (χ3v) is 6.12. The molecule has 1 saturated heterocycles. The van der Waals surface area contributed by atoms with E-state index < -0.39 is 0 Å². The number of nitrogens with zero attached hydrogens (tertiary/aromatic N) is 1. The Hall–Kier alpha value is -0.380. The van der Waals surface area contributed by atoms with E-state index in [4.69, 9.17) is 5.73 Å². The van der Waals surface area contributed by atoms with Crippen molar-refractivity contribution in [3.8, 4) is 0 Å². The number of fused-ring (bicyclic) bond motifs is 1. The molecule has 1 aromatic heterocycles. The predicted molar refractivity (Wildman–Crippen MR) is 82.3 cm³/mol. The highest BCUT2D eigenvalue weighted by Gasteiger charge is 2.33. The summed E-state index contributed by atoms with van der Waals surface area (Å²) in [4.78, 5) is 5.57. The van der Waals surface area contributed by atoms with Crippen LogP contribution in [0.1, 0.15) is 53.8 Å². The molecular formula is C16H26N2S. The summed E-state index contributed by atoms with van der Waals surface area (Å²) in [5.74, 6) is 0.982. The Bertz CT molecular complexity index is 424. The van der Waals surface area contributed by atoms with Crippen LogP contribution in [0.3, 0.4) is 0 Å². The second kappa shape index (κ2) is 5.94. The minimum Gasteiger partial charge on any atom is -0.326 e. The Morgan fingerprint density at radius 3 is 2.84 bits per heavy atom. The maximum absolute atomic E-state index is 5.77. The molecule has 0 radical (unpaired) electrons. The van der Waals surface area contributed by atoms with Gasteiger partial charge in [-0.05, 0) is 56.7 Å². The first kappa shape index (κ1) is 13.6. The molecule has 1 aliphatic carbocycles. The van der Waals surface area contributed by atoms with Gasteiger partial charge in [-0.3, -0.25) is 4.90 Å². The summed E-state index contributed by atoms with van der Waals surface area (Å²) in [6.45, 7) is 5.40. The molecule has 3 heteroatoms. The molecule has 0 amide bonds. The highest BCUT2D eigenvalue weighted by atomic mass is 32.1. The van der Waals surface area contributed by atoms with Crippen LogP contribution in [0.5, 0.6) is 0 Å². The van der Waals surface area contributed by atoms with Gasteiger partial charge in [0.15, 0.2) is 0 Å². The van der Waals surface area contributed by atoms with Crippen molar-refractivity contribution in [1.29, 1.82) is 0 Å². The summed E-state index contributed by atoms with van der Waals surface area (Å²) in [6, 6.07) is 3.20. The molecule has 2 aliphatic rings. The number of thiophene rings is 1. The molecule has 19 heavy (non-hydrogen) atoms. The minimum absolute atomic E-state index is 0.692. The number of rotatable bonds is 3. The summed E-state index contributed by atoms with van der Waals surface area (Å²) in [5.41, 5.74) is 7.29. The quantitative estimate of drug-likeness (QED) is 0.914. The minimum atomic E-state index is 0.692. The SMILES string of the molecule is Cc1sc(CN)cc1CN1CCC[C@H]2CCCC[C@H]21. The van der Waals surface area contributed by atoms with E-state index in [0.717, 1.165) is 18.5 Å². The van der Waals surface area contributed by atoms with Gasteiger partial charge in [-0.15, -0.1) is 11.3 Å². The Morgan fingerprint density at radius 2 is 2.05 bits per heavy atom. The summed E-state index contributed by atoms with van der Waals surface area (Å²) >= 11 is 1.88. The van der Waals surface area contributed by atoms with Crippen molar-refractivity contribution in [2.75, 3.05) is 6.54 Å². The first-order chi connectivity index (χ1) is 9.28. The van der Waals surface area contributed by atoms with E-state index in [1.54, 1.807) is 0 Å². The summed E-state index contributed by atoms with van der Waals surface area (Å²) < 4.78 is 0. The van der Waals surface area contributed by atoms with E-state index in [-0.39, 0.29) is 0 Å². The van der Waals surface area contributed by atoms with E-state index in [1.807, 2.05) is 11.3 Å². The number of hydrogen-bond donors (Lipinski definition) is 1. The van der Waals surface area contributed by atoms with Crippen LogP contribution in [-0.4, -0.2) is 17.5 Å². The number of likely N-dealkylation sites (tertiary alicyclic amines) is 1. The van der Waals surface area contributed by atoms with Crippen molar-refractivity contribution in [2.24, 2.45) is 11.7 Å². The van der Waals surface area contributed by atoms with Crippen molar-refractivity contribution >= 4 is 11.3 Å². The van der Waals surface area contributed by atoms with Gasteiger partial charge in [0, 0.05) is 28.9 Å². The Balaban J connectivity index is 1.72. The van der Waals surface area contributed by atoms with Crippen molar-refractivity contribution in [3.63, 3.8) is 0 Å². The molecule has 0 unspecified atom stereocenters. The van der Waals surface area contributed by atoms with Crippen LogP contribution in [0.15, 0.2) is 6.07 Å². The monoisotopic (exact) mass is 278 g/mol. The van der Waals surface area contributed by atoms with Crippen molar-refractivity contribution < 1.29 is 0 Å². The zero-order valence-corrected chi connectivity index (χ0v) is 12.8. The molecule has 3 rings (SSSR count). The van der Waals surface area contributed by atoms with Crippen LogP contribution in [0, 0.1) is 12.8 Å². The van der Waals surface area contributed by atoms with Crippen LogP contribution in [-0.2, 0) is 13.1 Å². The van der Waals surface area contributed by atoms with Gasteiger partial charge in [-0.1, -0.05) is 12.8 Å². The van der Waals surface area contributed by atoms with Gasteiger partial charge in [0.05, 0.1) is 0 Å². The van der Waals surface area contributed by atoms with Gasteiger partial charge in [0.25, 0.3) is 0 Å². The zero-order valence-electron chi connectivity index (χ0n) is 12.0. The molecule has 2 fully saturated rings. The smallest absolute Gasteiger partial charge is 0.0274 e. The van der Waals surface area contributed by atoms with Crippen molar-refractivity contribution in [3.05, 3.63) is 21.4 Å². The summed E-state index contributed by atoms with van der Waals surface area (Å²) in [7, 11) is 0. The molecule has 2 heterocycles. The van der Waals surface area contributed by atoms with Crippen LogP contribution in [0.4, 0.5) is 0 Å². The topological polar surface area (TPSA) is 29.3 Å². The number of aryl methyl sites for hydroxylation is 1. The van der Waals surface area contributed by atoms with E-state index in [2.05, 4.69) is 17.9 Å². The fourth-order valence-corrected chi connectivity index (χ4v) is 4.92. The van der Waals surface area contributed by atoms with E-state index in [9.17, 15) is 0 Å². The molecule has 106 valence electrons. The molecule has 1 aromatic rings. The lowest BCUT2D eigenvalue weighted by atomic mass is 9.78. The highest BCUT2D eigenvalue weighted by Crippen LogP contribution is 2.36. The van der Waals surface area contributed by atoms with E-state index in [0.29, 0.717) is 6.54 Å². The third-order valence-electron chi connectivity index (χ3n) is 5.00. The van der Waals surface area contributed by atoms with Gasteiger partial charge in [-0.25, -0.2) is 0 Å². The second-order valence-corrected chi connectivity index (χ2v) is 7.56. The lowest BCUT2D eigenvalue weighted by Crippen LogP contribution is -2.46. The average molecular weight is 278 g/mol. The molecule has 0 aromatic carbocycles. The normalized spacial score (nSPS) is 28.3. The van der Waals surface area contributed by atoms with E-state index in [1.165, 1.54) is 60.4 Å². The molecular weight excluding hydrogens is 252 g/mol. The molecule has 1 saturated carbocycles. The Labute approximate surface area is 121 Å². The van der Waals surface area contributed by atoms with Gasteiger partial charge >= 0.3 is 0 Å². The Kier molecular flexibility index (Phi) is 4.25. The summed E-state index contributed by atoms with van der Waals surface area (Å²) in [6.07, 6.45) is 8.67. The van der Waals surface area contributed by atoms with Crippen LogP contribution in [0.2, 0.25) is 0 Å². The predicted octanol–water partition coefficient (Wildman–Crippen LogP) is 3.67. The molecule has 2 N–H and O–H groups in total. The maximum Gasteiger partial charge on any atom is 0.0274 e. The summed E-state index contributed by atoms with van der Waals surface area (Å²) in [5, 5.41) is 0. The van der Waals surface area contributed by atoms with Crippen molar-refractivity contribution in [1.82, 2.24) is 4.90 Å². The maximum atomic E-state index is 5.77. The zero-order chi connectivity index (χ0) is 13.2. The number of nitrogens with two attached hydrogens (primary N) is 1. The molecule has 2 atom stereocenters. The van der Waals surface area contributed by atoms with Crippen LogP contribution in [0.25, 0.3) is 0 Å².